The number of rotatable bonds is 7. The van der Waals surface area contributed by atoms with Crippen molar-refractivity contribution in [1.82, 2.24) is 9.80 Å². The van der Waals surface area contributed by atoms with E-state index in [0.717, 1.165) is 13.1 Å². The van der Waals surface area contributed by atoms with E-state index in [1.807, 2.05) is 16.8 Å². The Morgan fingerprint density at radius 3 is 2.59 bits per heavy atom. The van der Waals surface area contributed by atoms with Gasteiger partial charge >= 0.3 is 0 Å². The van der Waals surface area contributed by atoms with Crippen LogP contribution < -0.4 is 0 Å². The van der Waals surface area contributed by atoms with Crippen LogP contribution in [-0.2, 0) is 9.59 Å². The van der Waals surface area contributed by atoms with Crippen molar-refractivity contribution in [3.05, 3.63) is 23.9 Å². The summed E-state index contributed by atoms with van der Waals surface area (Å²) in [5.41, 5.74) is 0.109. The van der Waals surface area contributed by atoms with Crippen LogP contribution in [-0.4, -0.2) is 61.8 Å². The molecular weight excluding hydrogens is 223 g/mol. The molecule has 0 N–H and O–H groups in total. The van der Waals surface area contributed by atoms with Gasteiger partial charge in [0.15, 0.2) is 12.6 Å². The molecule has 0 saturated carbocycles. The molecule has 0 amide bonds. The number of carbonyl (C=O) groups excluding carboxylic acids is 2. The highest BCUT2D eigenvalue weighted by Crippen LogP contribution is 2.09. The molecule has 0 atom stereocenters. The molecule has 1 saturated heterocycles. The van der Waals surface area contributed by atoms with E-state index in [-0.39, 0.29) is 5.57 Å². The summed E-state index contributed by atoms with van der Waals surface area (Å²) < 4.78 is 12.5. The van der Waals surface area contributed by atoms with Crippen LogP contribution in [0.25, 0.3) is 0 Å². The van der Waals surface area contributed by atoms with Gasteiger partial charge in [-0.25, -0.2) is 4.39 Å². The van der Waals surface area contributed by atoms with Gasteiger partial charge in [-0.05, 0) is 18.4 Å². The van der Waals surface area contributed by atoms with E-state index in [1.54, 1.807) is 12.3 Å². The first kappa shape index (κ1) is 13.6. The van der Waals surface area contributed by atoms with Crippen LogP contribution in [0.1, 0.15) is 0 Å². The van der Waals surface area contributed by atoms with Crippen molar-refractivity contribution < 1.29 is 14.0 Å². The third kappa shape index (κ3) is 4.91. The van der Waals surface area contributed by atoms with E-state index in [4.69, 9.17) is 0 Å². The molecule has 0 bridgehead atoms. The van der Waals surface area contributed by atoms with Gasteiger partial charge in [-0.15, -0.1) is 0 Å². The SMILES string of the molecule is CN(/C=C\C=C(C=O)C=O)CCN1CC(F)C1. The lowest BCUT2D eigenvalue weighted by Gasteiger charge is -2.35. The Morgan fingerprint density at radius 1 is 1.41 bits per heavy atom. The average molecular weight is 240 g/mol. The van der Waals surface area contributed by atoms with Gasteiger partial charge in [0.1, 0.15) is 6.17 Å². The minimum absolute atomic E-state index is 0.109. The Balaban J connectivity index is 2.21. The number of halogens is 1. The first-order valence-corrected chi connectivity index (χ1v) is 5.51. The Hall–Kier alpha value is -1.49. The predicted octanol–water partition coefficient (Wildman–Crippen LogP) is 0.410. The second-order valence-electron chi connectivity index (χ2n) is 4.08. The van der Waals surface area contributed by atoms with Gasteiger partial charge in [-0.3, -0.25) is 14.5 Å². The normalized spacial score (nSPS) is 16.6. The van der Waals surface area contributed by atoms with E-state index in [1.165, 1.54) is 6.08 Å². The molecule has 0 aromatic heterocycles. The molecule has 17 heavy (non-hydrogen) atoms. The molecule has 1 heterocycles. The van der Waals surface area contributed by atoms with Crippen LogP contribution in [0, 0.1) is 0 Å². The summed E-state index contributed by atoms with van der Waals surface area (Å²) >= 11 is 0. The van der Waals surface area contributed by atoms with Crippen molar-refractivity contribution in [3.8, 4) is 0 Å². The van der Waals surface area contributed by atoms with Gasteiger partial charge in [0.2, 0.25) is 0 Å². The third-order valence-electron chi connectivity index (χ3n) is 2.58. The Labute approximate surface area is 100 Å². The summed E-state index contributed by atoms with van der Waals surface area (Å²) in [4.78, 5) is 24.6. The lowest BCUT2D eigenvalue weighted by atomic mass is 10.2. The summed E-state index contributed by atoms with van der Waals surface area (Å²) in [6.45, 7) is 2.66. The van der Waals surface area contributed by atoms with Gasteiger partial charge in [-0.2, -0.15) is 0 Å². The first-order valence-electron chi connectivity index (χ1n) is 5.51. The van der Waals surface area contributed by atoms with Crippen LogP contribution >= 0.6 is 0 Å². The van der Waals surface area contributed by atoms with Crippen molar-refractivity contribution in [1.29, 1.82) is 0 Å². The van der Waals surface area contributed by atoms with E-state index in [0.29, 0.717) is 25.7 Å². The van der Waals surface area contributed by atoms with Crippen molar-refractivity contribution in [2.45, 2.75) is 6.17 Å². The summed E-state index contributed by atoms with van der Waals surface area (Å²) in [5.74, 6) is 0. The van der Waals surface area contributed by atoms with Gasteiger partial charge < -0.3 is 4.90 Å². The molecule has 1 aliphatic heterocycles. The quantitative estimate of drug-likeness (QED) is 0.212. The monoisotopic (exact) mass is 240 g/mol. The molecule has 1 aliphatic rings. The molecule has 0 aromatic rings. The van der Waals surface area contributed by atoms with Crippen LogP contribution in [0.5, 0.6) is 0 Å². The Morgan fingerprint density at radius 2 is 2.06 bits per heavy atom. The minimum Gasteiger partial charge on any atom is -0.379 e. The summed E-state index contributed by atoms with van der Waals surface area (Å²) in [7, 11) is 1.89. The molecule has 0 aromatic carbocycles. The molecule has 0 aliphatic carbocycles. The average Bonchev–Trinajstić information content (AvgIpc) is 2.29. The lowest BCUT2D eigenvalue weighted by Crippen LogP contribution is -2.50. The van der Waals surface area contributed by atoms with Crippen LogP contribution in [0.4, 0.5) is 4.39 Å². The maximum Gasteiger partial charge on any atom is 0.153 e. The number of nitrogens with zero attached hydrogens (tertiary/aromatic N) is 2. The van der Waals surface area contributed by atoms with Crippen molar-refractivity contribution >= 4 is 12.6 Å². The van der Waals surface area contributed by atoms with Gasteiger partial charge in [0.25, 0.3) is 0 Å². The number of alkyl halides is 1. The molecule has 4 nitrogen and oxygen atoms in total. The maximum atomic E-state index is 12.5. The molecule has 1 fully saturated rings. The zero-order valence-electron chi connectivity index (χ0n) is 9.88. The zero-order chi connectivity index (χ0) is 12.7. The fourth-order valence-electron chi connectivity index (χ4n) is 1.47. The number of allylic oxidation sites excluding steroid dienone is 3. The van der Waals surface area contributed by atoms with Crippen molar-refractivity contribution in [2.24, 2.45) is 0 Å². The minimum atomic E-state index is -0.665. The number of aldehydes is 2. The smallest absolute Gasteiger partial charge is 0.153 e. The van der Waals surface area contributed by atoms with E-state index < -0.39 is 6.17 Å². The number of hydrogen-bond acceptors (Lipinski definition) is 4. The van der Waals surface area contributed by atoms with Crippen molar-refractivity contribution in [3.63, 3.8) is 0 Å². The molecule has 0 spiro atoms. The molecule has 0 unspecified atom stereocenters. The molecule has 0 radical (unpaired) electrons. The molecule has 1 rings (SSSR count). The fourth-order valence-corrected chi connectivity index (χ4v) is 1.47. The molecule has 94 valence electrons. The zero-order valence-corrected chi connectivity index (χ0v) is 9.88. The van der Waals surface area contributed by atoms with E-state index >= 15 is 0 Å². The molecule has 5 heteroatoms. The second-order valence-corrected chi connectivity index (χ2v) is 4.08. The Bertz CT molecular complexity index is 312. The standard InChI is InChI=1S/C12H17FN2O2/c1-14(4-2-3-11(9-16)10-17)5-6-15-7-12(13)8-15/h2-4,9-10,12H,5-8H2,1H3/b4-2-. The predicted molar refractivity (Wildman–Crippen MR) is 63.3 cm³/mol. The topological polar surface area (TPSA) is 40.6 Å². The molecular formula is C12H17FN2O2. The number of carbonyl (C=O) groups is 2. The number of likely N-dealkylation sites (tertiary alicyclic amines) is 1. The van der Waals surface area contributed by atoms with Crippen LogP contribution in [0.15, 0.2) is 23.9 Å². The summed E-state index contributed by atoms with van der Waals surface area (Å²) in [6, 6.07) is 0. The fraction of sp³-hybridized carbons (Fsp3) is 0.500. The highest BCUT2D eigenvalue weighted by Gasteiger charge is 2.25. The summed E-state index contributed by atoms with van der Waals surface area (Å²) in [5, 5.41) is 0. The highest BCUT2D eigenvalue weighted by atomic mass is 19.1. The van der Waals surface area contributed by atoms with Crippen LogP contribution in [0.3, 0.4) is 0 Å². The third-order valence-corrected chi connectivity index (χ3v) is 2.58. The maximum absolute atomic E-state index is 12.5. The van der Waals surface area contributed by atoms with Crippen molar-refractivity contribution in [2.75, 3.05) is 33.2 Å². The van der Waals surface area contributed by atoms with E-state index in [9.17, 15) is 14.0 Å². The first-order chi connectivity index (χ1) is 8.15. The van der Waals surface area contributed by atoms with Crippen LogP contribution in [0.2, 0.25) is 0 Å². The van der Waals surface area contributed by atoms with Gasteiger partial charge in [0.05, 0.1) is 5.57 Å². The van der Waals surface area contributed by atoms with Gasteiger partial charge in [0, 0.05) is 33.2 Å². The summed E-state index contributed by atoms with van der Waals surface area (Å²) in [6.07, 6.45) is 5.24. The lowest BCUT2D eigenvalue weighted by molar-refractivity contribution is -0.109. The largest absolute Gasteiger partial charge is 0.379 e. The number of likely N-dealkylation sites (N-methyl/N-ethyl adjacent to an activating group) is 1. The Kier molecular flexibility index (Phi) is 5.56. The number of hydrogen-bond donors (Lipinski definition) is 0. The van der Waals surface area contributed by atoms with Gasteiger partial charge in [-0.1, -0.05) is 0 Å². The van der Waals surface area contributed by atoms with E-state index in [2.05, 4.69) is 0 Å². The second kappa shape index (κ2) is 6.96. The highest BCUT2D eigenvalue weighted by molar-refractivity contribution is 5.99.